The van der Waals surface area contributed by atoms with E-state index in [9.17, 15) is 0 Å². The van der Waals surface area contributed by atoms with Gasteiger partial charge < -0.3 is 36.2 Å². The molecule has 0 aromatic rings. The van der Waals surface area contributed by atoms with Gasteiger partial charge in [-0.15, -0.1) is 0 Å². The van der Waals surface area contributed by atoms with Crippen LogP contribution in [0.4, 0.5) is 0 Å². The summed E-state index contributed by atoms with van der Waals surface area (Å²) in [5.41, 5.74) is 0. The summed E-state index contributed by atoms with van der Waals surface area (Å²) < 4.78 is 0. The molecule has 0 bridgehead atoms. The molecule has 12 heavy (non-hydrogen) atoms. The minimum Gasteiger partial charge on any atom is -0.550 e. The second kappa shape index (κ2) is 31.7. The SMILES string of the molecule is CC(=O)[O-].CC(=O)[O-].O.O.O.[Ni+2]. The Balaban J connectivity index is -0.0000000112. The van der Waals surface area contributed by atoms with E-state index in [0.717, 1.165) is 13.8 Å². The van der Waals surface area contributed by atoms with Crippen molar-refractivity contribution in [2.45, 2.75) is 13.8 Å². The number of rotatable bonds is 0. The van der Waals surface area contributed by atoms with E-state index >= 15 is 0 Å². The van der Waals surface area contributed by atoms with Gasteiger partial charge in [0.25, 0.3) is 0 Å². The second-order valence-electron chi connectivity index (χ2n) is 0.983. The standard InChI is InChI=1S/2C2H4O2.Ni.3H2O/c2*1-2(3)4;;;;/h2*1H3,(H,3,4);;3*1H2/q;;+2;;;/p-2. The van der Waals surface area contributed by atoms with Crippen molar-refractivity contribution >= 4 is 11.9 Å². The van der Waals surface area contributed by atoms with Crippen molar-refractivity contribution in [3.8, 4) is 0 Å². The molecule has 0 atom stereocenters. The molecule has 0 saturated carbocycles. The number of hydrogen-bond acceptors (Lipinski definition) is 4. The summed E-state index contributed by atoms with van der Waals surface area (Å²) in [6.07, 6.45) is 0. The van der Waals surface area contributed by atoms with Crippen LogP contribution in [-0.4, -0.2) is 28.4 Å². The summed E-state index contributed by atoms with van der Waals surface area (Å²) >= 11 is 0. The van der Waals surface area contributed by atoms with Crippen molar-refractivity contribution in [3.05, 3.63) is 0 Å². The third-order valence-corrected chi connectivity index (χ3v) is 0. The van der Waals surface area contributed by atoms with Gasteiger partial charge in [-0.1, -0.05) is 0 Å². The molecule has 0 aliphatic heterocycles. The largest absolute Gasteiger partial charge is 2.00 e. The van der Waals surface area contributed by atoms with E-state index in [4.69, 9.17) is 19.8 Å². The van der Waals surface area contributed by atoms with E-state index in [1.807, 2.05) is 0 Å². The van der Waals surface area contributed by atoms with Gasteiger partial charge in [-0.25, -0.2) is 0 Å². The van der Waals surface area contributed by atoms with Crippen LogP contribution in [0.3, 0.4) is 0 Å². The third-order valence-electron chi connectivity index (χ3n) is 0. The summed E-state index contributed by atoms with van der Waals surface area (Å²) in [4.78, 5) is 17.8. The van der Waals surface area contributed by atoms with Gasteiger partial charge in [0.2, 0.25) is 0 Å². The van der Waals surface area contributed by atoms with Crippen molar-refractivity contribution < 1.29 is 52.7 Å². The molecule has 0 aliphatic rings. The number of hydrogen-bond donors (Lipinski definition) is 0. The van der Waals surface area contributed by atoms with Crippen LogP contribution in [0.15, 0.2) is 0 Å². The normalized spacial score (nSPS) is 4.17. The number of carboxylic acids is 2. The van der Waals surface area contributed by atoms with E-state index < -0.39 is 11.9 Å². The first-order valence-electron chi connectivity index (χ1n) is 1.82. The number of carbonyl (C=O) groups is 2. The van der Waals surface area contributed by atoms with Crippen LogP contribution in [0.5, 0.6) is 0 Å². The second-order valence-corrected chi connectivity index (χ2v) is 0.983. The molecule has 0 rings (SSSR count). The predicted molar refractivity (Wildman–Crippen MR) is 32.2 cm³/mol. The fourth-order valence-corrected chi connectivity index (χ4v) is 0. The Morgan fingerprint density at radius 1 is 0.833 bits per heavy atom. The number of carboxylic acid groups (broad SMARTS) is 2. The molecule has 0 radical (unpaired) electrons. The Kier molecular flexibility index (Phi) is 113. The minimum absolute atomic E-state index is 0. The summed E-state index contributed by atoms with van der Waals surface area (Å²) in [7, 11) is 0. The Morgan fingerprint density at radius 3 is 0.833 bits per heavy atom. The molecule has 80 valence electrons. The molecule has 0 fully saturated rings. The van der Waals surface area contributed by atoms with Gasteiger partial charge in [0.15, 0.2) is 0 Å². The molecule has 0 unspecified atom stereocenters. The molecular weight excluding hydrogens is 219 g/mol. The van der Waals surface area contributed by atoms with Crippen LogP contribution in [0.25, 0.3) is 0 Å². The maximum absolute atomic E-state index is 8.89. The van der Waals surface area contributed by atoms with Crippen LogP contribution >= 0.6 is 0 Å². The molecule has 8 heteroatoms. The quantitative estimate of drug-likeness (QED) is 0.379. The Labute approximate surface area is 79.2 Å². The monoisotopic (exact) mass is 230 g/mol. The summed E-state index contributed by atoms with van der Waals surface area (Å²) in [6, 6.07) is 0. The van der Waals surface area contributed by atoms with E-state index in [1.54, 1.807) is 0 Å². The molecule has 0 aliphatic carbocycles. The van der Waals surface area contributed by atoms with E-state index in [1.165, 1.54) is 0 Å². The van der Waals surface area contributed by atoms with Crippen LogP contribution in [0.1, 0.15) is 13.8 Å². The van der Waals surface area contributed by atoms with Crippen molar-refractivity contribution in [2.24, 2.45) is 0 Å². The van der Waals surface area contributed by atoms with Gasteiger partial charge in [0.1, 0.15) is 0 Å². The van der Waals surface area contributed by atoms with Gasteiger partial charge in [-0.3, -0.25) is 0 Å². The number of carbonyl (C=O) groups excluding carboxylic acids is 2. The van der Waals surface area contributed by atoms with Gasteiger partial charge in [0.05, 0.1) is 0 Å². The average molecular weight is 231 g/mol. The smallest absolute Gasteiger partial charge is 0.550 e. The number of aliphatic carboxylic acids is 2. The molecule has 0 aromatic heterocycles. The van der Waals surface area contributed by atoms with Gasteiger partial charge >= 0.3 is 16.5 Å². The van der Waals surface area contributed by atoms with E-state index in [-0.39, 0.29) is 32.9 Å². The maximum Gasteiger partial charge on any atom is 2.00 e. The topological polar surface area (TPSA) is 175 Å². The predicted octanol–water partition coefficient (Wildman–Crippen LogP) is -4.96. The summed E-state index contributed by atoms with van der Waals surface area (Å²) in [5, 5.41) is 17.8. The zero-order chi connectivity index (χ0) is 7.15. The van der Waals surface area contributed by atoms with Crippen LogP contribution in [-0.2, 0) is 26.1 Å². The van der Waals surface area contributed by atoms with Crippen LogP contribution < -0.4 is 10.2 Å². The van der Waals surface area contributed by atoms with Crippen molar-refractivity contribution in [1.82, 2.24) is 0 Å². The van der Waals surface area contributed by atoms with Crippen molar-refractivity contribution in [1.29, 1.82) is 0 Å². The molecule has 0 aromatic carbocycles. The summed E-state index contributed by atoms with van der Waals surface area (Å²) in [6.45, 7) is 1.94. The maximum atomic E-state index is 8.89. The van der Waals surface area contributed by atoms with E-state index in [2.05, 4.69) is 0 Å². The molecule has 0 spiro atoms. The summed E-state index contributed by atoms with van der Waals surface area (Å²) in [5.74, 6) is -2.17. The first-order chi connectivity index (χ1) is 3.46. The van der Waals surface area contributed by atoms with Gasteiger partial charge in [-0.2, -0.15) is 0 Å². The van der Waals surface area contributed by atoms with Crippen LogP contribution in [0.2, 0.25) is 0 Å². The van der Waals surface area contributed by atoms with Crippen molar-refractivity contribution in [3.63, 3.8) is 0 Å². The minimum atomic E-state index is -1.08. The fraction of sp³-hybridized carbons (Fsp3) is 0.500. The third kappa shape index (κ3) is 1370. The molecular formula is C4H12NiO7. The molecule has 7 nitrogen and oxygen atoms in total. The zero-order valence-electron chi connectivity index (χ0n) is 6.45. The first-order valence-corrected chi connectivity index (χ1v) is 1.82. The molecule has 6 N–H and O–H groups in total. The van der Waals surface area contributed by atoms with Crippen molar-refractivity contribution in [2.75, 3.05) is 0 Å². The Hall–Kier alpha value is -0.686. The zero-order valence-corrected chi connectivity index (χ0v) is 7.44. The molecule has 0 amide bonds. The van der Waals surface area contributed by atoms with Crippen LogP contribution in [0, 0.1) is 0 Å². The Morgan fingerprint density at radius 2 is 0.833 bits per heavy atom. The average Bonchev–Trinajstić information content (AvgIpc) is 1.25. The molecule has 0 saturated heterocycles. The Bertz CT molecular complexity index is 73.4. The van der Waals surface area contributed by atoms with Gasteiger partial charge in [-0.05, 0) is 13.8 Å². The molecule has 0 heterocycles. The first kappa shape index (κ1) is 42.6. The fourth-order valence-electron chi connectivity index (χ4n) is 0. The van der Waals surface area contributed by atoms with E-state index in [0.29, 0.717) is 0 Å². The van der Waals surface area contributed by atoms with Gasteiger partial charge in [0, 0.05) is 11.9 Å².